The molecule has 0 spiro atoms. The molecular weight excluding hydrogens is 363 g/mol. The zero-order valence-corrected chi connectivity index (χ0v) is 13.6. The monoisotopic (exact) mass is 372 g/mol. The number of carbonyl (C=O) groups is 1. The summed E-state index contributed by atoms with van der Waals surface area (Å²) in [5, 5.41) is 3.82. The zero-order valence-electron chi connectivity index (χ0n) is 10.5. The van der Waals surface area contributed by atoms with Crippen LogP contribution in [0.4, 0.5) is 11.4 Å². The van der Waals surface area contributed by atoms with Crippen molar-refractivity contribution in [2.24, 2.45) is 0 Å². The van der Waals surface area contributed by atoms with Gasteiger partial charge in [-0.05, 0) is 58.7 Å². The molecule has 0 aliphatic carbocycles. The predicted octanol–water partition coefficient (Wildman–Crippen LogP) is 4.90. The van der Waals surface area contributed by atoms with Crippen LogP contribution in [-0.4, -0.2) is 5.91 Å². The van der Waals surface area contributed by atoms with Crippen LogP contribution in [-0.2, 0) is 0 Å². The van der Waals surface area contributed by atoms with Gasteiger partial charge in [0.15, 0.2) is 0 Å². The Bertz CT molecular complexity index is 689. The van der Waals surface area contributed by atoms with E-state index in [9.17, 15) is 4.79 Å². The first-order valence-electron chi connectivity index (χ1n) is 5.70. The molecular formula is C14H11BrCl2N2O. The van der Waals surface area contributed by atoms with E-state index in [1.54, 1.807) is 18.2 Å². The molecule has 104 valence electrons. The third-order valence-corrected chi connectivity index (χ3v) is 4.05. The van der Waals surface area contributed by atoms with E-state index < -0.39 is 0 Å². The fourth-order valence-corrected chi connectivity index (χ4v) is 2.57. The summed E-state index contributed by atoms with van der Waals surface area (Å²) in [6, 6.07) is 8.25. The van der Waals surface area contributed by atoms with Crippen molar-refractivity contribution >= 4 is 56.4 Å². The van der Waals surface area contributed by atoms with Crippen molar-refractivity contribution in [2.45, 2.75) is 6.92 Å². The summed E-state index contributed by atoms with van der Waals surface area (Å²) < 4.78 is 0.750. The number of rotatable bonds is 2. The standard InChI is InChI=1S/C14H11BrCl2N2O/c1-7-4-10(15)13(6-11(7)17)19-14(20)9-3-2-8(16)5-12(9)18/h2-6H,18H2,1H3,(H,19,20). The fraction of sp³-hybridized carbons (Fsp3) is 0.0714. The molecule has 0 aliphatic heterocycles. The average molecular weight is 374 g/mol. The van der Waals surface area contributed by atoms with Crippen LogP contribution in [0.25, 0.3) is 0 Å². The Morgan fingerprint density at radius 3 is 2.60 bits per heavy atom. The van der Waals surface area contributed by atoms with Crippen LogP contribution in [0.2, 0.25) is 10.0 Å². The number of aryl methyl sites for hydroxylation is 1. The van der Waals surface area contributed by atoms with Crippen LogP contribution in [0.1, 0.15) is 15.9 Å². The Balaban J connectivity index is 2.30. The van der Waals surface area contributed by atoms with Gasteiger partial charge < -0.3 is 11.1 Å². The van der Waals surface area contributed by atoms with Gasteiger partial charge in [0.2, 0.25) is 0 Å². The van der Waals surface area contributed by atoms with Crippen molar-refractivity contribution in [1.82, 2.24) is 0 Å². The maximum atomic E-state index is 12.2. The molecule has 2 aromatic rings. The Morgan fingerprint density at radius 2 is 1.95 bits per heavy atom. The third-order valence-electron chi connectivity index (χ3n) is 2.75. The normalized spacial score (nSPS) is 10.4. The summed E-state index contributed by atoms with van der Waals surface area (Å²) in [6.07, 6.45) is 0. The Labute approximate surface area is 135 Å². The van der Waals surface area contributed by atoms with E-state index in [4.69, 9.17) is 28.9 Å². The molecule has 0 atom stereocenters. The molecule has 0 aromatic heterocycles. The molecule has 0 radical (unpaired) electrons. The summed E-state index contributed by atoms with van der Waals surface area (Å²) in [6.45, 7) is 1.88. The molecule has 0 heterocycles. The van der Waals surface area contributed by atoms with Crippen LogP contribution in [0, 0.1) is 6.92 Å². The smallest absolute Gasteiger partial charge is 0.257 e. The fourth-order valence-electron chi connectivity index (χ4n) is 1.67. The largest absolute Gasteiger partial charge is 0.398 e. The molecule has 20 heavy (non-hydrogen) atoms. The number of nitrogens with one attached hydrogen (secondary N) is 1. The Morgan fingerprint density at radius 1 is 1.25 bits per heavy atom. The van der Waals surface area contributed by atoms with Gasteiger partial charge in [0.1, 0.15) is 0 Å². The minimum absolute atomic E-state index is 0.320. The molecule has 2 rings (SSSR count). The predicted molar refractivity (Wildman–Crippen MR) is 87.7 cm³/mol. The first kappa shape index (κ1) is 15.2. The van der Waals surface area contributed by atoms with E-state index in [1.807, 2.05) is 13.0 Å². The van der Waals surface area contributed by atoms with E-state index in [-0.39, 0.29) is 5.91 Å². The highest BCUT2D eigenvalue weighted by Gasteiger charge is 2.13. The first-order valence-corrected chi connectivity index (χ1v) is 7.25. The number of benzene rings is 2. The number of amides is 1. The topological polar surface area (TPSA) is 55.1 Å². The van der Waals surface area contributed by atoms with Gasteiger partial charge in [-0.2, -0.15) is 0 Å². The Kier molecular flexibility index (Phi) is 4.58. The number of nitrogens with two attached hydrogens (primary N) is 1. The lowest BCUT2D eigenvalue weighted by molar-refractivity contribution is 0.102. The van der Waals surface area contributed by atoms with Gasteiger partial charge in [0.25, 0.3) is 5.91 Å². The van der Waals surface area contributed by atoms with E-state index in [0.29, 0.717) is 27.0 Å². The van der Waals surface area contributed by atoms with Crippen molar-refractivity contribution < 1.29 is 4.79 Å². The van der Waals surface area contributed by atoms with Gasteiger partial charge in [-0.1, -0.05) is 23.2 Å². The SMILES string of the molecule is Cc1cc(Br)c(NC(=O)c2ccc(Cl)cc2N)cc1Cl. The summed E-state index contributed by atoms with van der Waals surface area (Å²) in [5.74, 6) is -0.320. The number of anilines is 2. The van der Waals surface area contributed by atoms with Crippen molar-refractivity contribution in [1.29, 1.82) is 0 Å². The average Bonchev–Trinajstić information content (AvgIpc) is 2.35. The van der Waals surface area contributed by atoms with Gasteiger partial charge in [-0.3, -0.25) is 4.79 Å². The molecule has 3 N–H and O–H groups in total. The number of halogens is 3. The molecule has 3 nitrogen and oxygen atoms in total. The summed E-state index contributed by atoms with van der Waals surface area (Å²) in [5.41, 5.74) is 7.97. The molecule has 0 aliphatic rings. The summed E-state index contributed by atoms with van der Waals surface area (Å²) in [4.78, 5) is 12.2. The highest BCUT2D eigenvalue weighted by Crippen LogP contribution is 2.30. The Hall–Kier alpha value is -1.23. The highest BCUT2D eigenvalue weighted by molar-refractivity contribution is 9.10. The molecule has 1 amide bonds. The van der Waals surface area contributed by atoms with Crippen molar-refractivity contribution in [2.75, 3.05) is 11.1 Å². The second-order valence-electron chi connectivity index (χ2n) is 4.27. The van der Waals surface area contributed by atoms with Gasteiger partial charge in [0.05, 0.1) is 11.3 Å². The maximum absolute atomic E-state index is 12.2. The van der Waals surface area contributed by atoms with Gasteiger partial charge in [-0.15, -0.1) is 0 Å². The van der Waals surface area contributed by atoms with Crippen LogP contribution >= 0.6 is 39.1 Å². The summed E-state index contributed by atoms with van der Waals surface area (Å²) in [7, 11) is 0. The third kappa shape index (κ3) is 3.26. The van der Waals surface area contributed by atoms with Crippen molar-refractivity contribution in [3.05, 3.63) is 56.0 Å². The van der Waals surface area contributed by atoms with Gasteiger partial charge in [-0.25, -0.2) is 0 Å². The van der Waals surface area contributed by atoms with Gasteiger partial charge >= 0.3 is 0 Å². The molecule has 0 saturated heterocycles. The lowest BCUT2D eigenvalue weighted by atomic mass is 10.1. The quantitative estimate of drug-likeness (QED) is 0.735. The lowest BCUT2D eigenvalue weighted by Gasteiger charge is -2.11. The number of hydrogen-bond acceptors (Lipinski definition) is 2. The van der Waals surface area contributed by atoms with E-state index in [0.717, 1.165) is 10.0 Å². The molecule has 0 saturated carbocycles. The lowest BCUT2D eigenvalue weighted by Crippen LogP contribution is -2.14. The van der Waals surface area contributed by atoms with Crippen LogP contribution in [0.15, 0.2) is 34.8 Å². The number of carbonyl (C=O) groups excluding carboxylic acids is 1. The van der Waals surface area contributed by atoms with Crippen molar-refractivity contribution in [3.63, 3.8) is 0 Å². The number of hydrogen-bond donors (Lipinski definition) is 2. The van der Waals surface area contributed by atoms with E-state index in [2.05, 4.69) is 21.2 Å². The minimum atomic E-state index is -0.320. The zero-order chi connectivity index (χ0) is 14.9. The molecule has 0 bridgehead atoms. The number of nitrogen functional groups attached to an aromatic ring is 1. The highest BCUT2D eigenvalue weighted by atomic mass is 79.9. The van der Waals surface area contributed by atoms with E-state index in [1.165, 1.54) is 6.07 Å². The van der Waals surface area contributed by atoms with E-state index >= 15 is 0 Å². The van der Waals surface area contributed by atoms with Crippen molar-refractivity contribution in [3.8, 4) is 0 Å². The van der Waals surface area contributed by atoms with Crippen LogP contribution in [0.5, 0.6) is 0 Å². The molecule has 2 aromatic carbocycles. The molecule has 6 heteroatoms. The van der Waals surface area contributed by atoms with Crippen LogP contribution in [0.3, 0.4) is 0 Å². The summed E-state index contributed by atoms with van der Waals surface area (Å²) >= 11 is 15.2. The van der Waals surface area contributed by atoms with Crippen LogP contribution < -0.4 is 11.1 Å². The first-order chi connectivity index (χ1) is 9.38. The minimum Gasteiger partial charge on any atom is -0.398 e. The molecule has 0 unspecified atom stereocenters. The maximum Gasteiger partial charge on any atom is 0.257 e. The van der Waals surface area contributed by atoms with Gasteiger partial charge in [0, 0.05) is 20.2 Å². The second-order valence-corrected chi connectivity index (χ2v) is 5.96. The second kappa shape index (κ2) is 6.04. The molecule has 0 fully saturated rings.